The Morgan fingerprint density at radius 3 is 2.79 bits per heavy atom. The second-order valence-electron chi connectivity index (χ2n) is 5.17. The average molecular weight is 257 g/mol. The fourth-order valence-electron chi connectivity index (χ4n) is 2.48. The molecule has 0 aliphatic carbocycles. The van der Waals surface area contributed by atoms with Crippen LogP contribution in [0.15, 0.2) is 12.3 Å². The van der Waals surface area contributed by atoms with Crippen molar-refractivity contribution >= 4 is 0 Å². The van der Waals surface area contributed by atoms with Gasteiger partial charge in [-0.25, -0.2) is 15.0 Å². The average Bonchev–Trinajstić information content (AvgIpc) is 2.86. The number of aromatic amines is 1. The van der Waals surface area contributed by atoms with Crippen LogP contribution in [0.2, 0.25) is 0 Å². The third kappa shape index (κ3) is 2.66. The normalized spacial score (nSPS) is 19.6. The summed E-state index contributed by atoms with van der Waals surface area (Å²) in [5.41, 5.74) is 2.91. The summed E-state index contributed by atoms with van der Waals surface area (Å²) in [6, 6.07) is 2.26. The Balaban J connectivity index is 1.95. The maximum Gasteiger partial charge on any atom is 0.156 e. The van der Waals surface area contributed by atoms with Gasteiger partial charge in [0.15, 0.2) is 5.82 Å². The summed E-state index contributed by atoms with van der Waals surface area (Å²) in [4.78, 5) is 16.8. The van der Waals surface area contributed by atoms with E-state index in [0.29, 0.717) is 0 Å². The summed E-state index contributed by atoms with van der Waals surface area (Å²) in [5, 5.41) is 3.49. The van der Waals surface area contributed by atoms with Crippen molar-refractivity contribution in [1.82, 2.24) is 25.3 Å². The summed E-state index contributed by atoms with van der Waals surface area (Å²) in [5.74, 6) is 1.71. The molecule has 19 heavy (non-hydrogen) atoms. The molecule has 0 spiro atoms. The molecule has 5 nitrogen and oxygen atoms in total. The lowest BCUT2D eigenvalue weighted by atomic mass is 10.0. The Labute approximate surface area is 112 Å². The lowest BCUT2D eigenvalue weighted by Gasteiger charge is -2.22. The number of piperidine rings is 1. The molecular formula is C14H19N5. The van der Waals surface area contributed by atoms with Gasteiger partial charge in [-0.05, 0) is 39.3 Å². The minimum absolute atomic E-state index is 0.281. The van der Waals surface area contributed by atoms with E-state index < -0.39 is 0 Å². The van der Waals surface area contributed by atoms with E-state index in [1.807, 2.05) is 26.1 Å². The van der Waals surface area contributed by atoms with E-state index in [-0.39, 0.29) is 6.04 Å². The third-order valence-electron chi connectivity index (χ3n) is 3.44. The Kier molecular flexibility index (Phi) is 3.29. The van der Waals surface area contributed by atoms with Crippen molar-refractivity contribution in [1.29, 1.82) is 0 Å². The molecule has 3 rings (SSSR count). The van der Waals surface area contributed by atoms with Crippen LogP contribution >= 0.6 is 0 Å². The quantitative estimate of drug-likeness (QED) is 0.866. The molecule has 1 aliphatic heterocycles. The number of aryl methyl sites for hydroxylation is 2. The first-order valence-corrected chi connectivity index (χ1v) is 6.83. The fourth-order valence-corrected chi connectivity index (χ4v) is 2.48. The zero-order chi connectivity index (χ0) is 13.2. The van der Waals surface area contributed by atoms with Gasteiger partial charge < -0.3 is 10.3 Å². The van der Waals surface area contributed by atoms with E-state index in [2.05, 4.69) is 25.3 Å². The maximum absolute atomic E-state index is 4.67. The van der Waals surface area contributed by atoms with Crippen molar-refractivity contribution in [2.75, 3.05) is 6.54 Å². The molecule has 2 aromatic heterocycles. The molecule has 1 saturated heterocycles. The lowest BCUT2D eigenvalue weighted by molar-refractivity contribution is 0.397. The van der Waals surface area contributed by atoms with E-state index >= 15 is 0 Å². The van der Waals surface area contributed by atoms with E-state index in [1.54, 1.807) is 0 Å². The molecule has 100 valence electrons. The van der Waals surface area contributed by atoms with Gasteiger partial charge in [0.25, 0.3) is 0 Å². The van der Waals surface area contributed by atoms with Crippen molar-refractivity contribution in [3.63, 3.8) is 0 Å². The molecule has 1 atom stereocenters. The van der Waals surface area contributed by atoms with Gasteiger partial charge in [0, 0.05) is 17.6 Å². The highest BCUT2D eigenvalue weighted by Gasteiger charge is 2.19. The highest BCUT2D eigenvalue weighted by molar-refractivity contribution is 5.50. The number of imidazole rings is 1. The van der Waals surface area contributed by atoms with Gasteiger partial charge in [0.05, 0.1) is 6.04 Å². The van der Waals surface area contributed by atoms with E-state index in [9.17, 15) is 0 Å². The van der Waals surface area contributed by atoms with E-state index in [4.69, 9.17) is 0 Å². The monoisotopic (exact) mass is 257 g/mol. The Bertz CT molecular complexity index is 569. The number of aromatic nitrogens is 4. The zero-order valence-corrected chi connectivity index (χ0v) is 11.4. The van der Waals surface area contributed by atoms with Gasteiger partial charge in [-0.2, -0.15) is 0 Å². The Hall–Kier alpha value is -1.75. The van der Waals surface area contributed by atoms with Gasteiger partial charge in [-0.15, -0.1) is 0 Å². The number of rotatable bonds is 2. The molecule has 1 unspecified atom stereocenters. The van der Waals surface area contributed by atoms with Crippen molar-refractivity contribution in [2.45, 2.75) is 39.2 Å². The molecule has 0 radical (unpaired) electrons. The SMILES string of the molecule is Cc1cc(-c2ncc(C)[nH]2)nc(C2CCCCN2)n1. The van der Waals surface area contributed by atoms with Crippen molar-refractivity contribution in [2.24, 2.45) is 0 Å². The fraction of sp³-hybridized carbons (Fsp3) is 0.500. The minimum Gasteiger partial charge on any atom is -0.341 e. The Morgan fingerprint density at radius 1 is 1.21 bits per heavy atom. The predicted octanol–water partition coefficient (Wildman–Crippen LogP) is 2.30. The molecule has 0 saturated carbocycles. The first kappa shape index (κ1) is 12.3. The molecule has 3 heterocycles. The molecule has 0 aromatic carbocycles. The number of nitrogens with one attached hydrogen (secondary N) is 2. The second-order valence-corrected chi connectivity index (χ2v) is 5.17. The van der Waals surface area contributed by atoms with Gasteiger partial charge in [0.2, 0.25) is 0 Å². The van der Waals surface area contributed by atoms with Gasteiger partial charge >= 0.3 is 0 Å². The highest BCUT2D eigenvalue weighted by Crippen LogP contribution is 2.22. The maximum atomic E-state index is 4.67. The number of hydrogen-bond donors (Lipinski definition) is 2. The van der Waals surface area contributed by atoms with Crippen molar-refractivity contribution < 1.29 is 0 Å². The molecule has 5 heteroatoms. The van der Waals surface area contributed by atoms with Crippen LogP contribution < -0.4 is 5.32 Å². The van der Waals surface area contributed by atoms with Gasteiger partial charge in [-0.3, -0.25) is 0 Å². The second kappa shape index (κ2) is 5.09. The summed E-state index contributed by atoms with van der Waals surface area (Å²) < 4.78 is 0. The molecule has 1 fully saturated rings. The molecule has 1 aliphatic rings. The summed E-state index contributed by atoms with van der Waals surface area (Å²) in [7, 11) is 0. The van der Waals surface area contributed by atoms with E-state index in [0.717, 1.165) is 41.7 Å². The molecule has 0 amide bonds. The van der Waals surface area contributed by atoms with Crippen LogP contribution in [-0.2, 0) is 0 Å². The summed E-state index contributed by atoms with van der Waals surface area (Å²) in [6.07, 6.45) is 5.42. The van der Waals surface area contributed by atoms with Crippen LogP contribution in [0.4, 0.5) is 0 Å². The number of nitrogens with zero attached hydrogens (tertiary/aromatic N) is 3. The van der Waals surface area contributed by atoms with Gasteiger partial charge in [-0.1, -0.05) is 6.42 Å². The van der Waals surface area contributed by atoms with Crippen LogP contribution in [0, 0.1) is 13.8 Å². The number of hydrogen-bond acceptors (Lipinski definition) is 4. The highest BCUT2D eigenvalue weighted by atomic mass is 15.0. The van der Waals surface area contributed by atoms with Crippen LogP contribution in [0.5, 0.6) is 0 Å². The molecule has 2 aromatic rings. The first-order chi connectivity index (χ1) is 9.22. The van der Waals surface area contributed by atoms with Crippen LogP contribution in [0.1, 0.15) is 42.5 Å². The predicted molar refractivity (Wildman–Crippen MR) is 73.7 cm³/mol. The topological polar surface area (TPSA) is 66.5 Å². The van der Waals surface area contributed by atoms with Crippen LogP contribution in [-0.4, -0.2) is 26.5 Å². The third-order valence-corrected chi connectivity index (χ3v) is 3.44. The van der Waals surface area contributed by atoms with Crippen LogP contribution in [0.3, 0.4) is 0 Å². The first-order valence-electron chi connectivity index (χ1n) is 6.83. The van der Waals surface area contributed by atoms with Crippen molar-refractivity contribution in [3.05, 3.63) is 29.5 Å². The van der Waals surface area contributed by atoms with E-state index in [1.165, 1.54) is 12.8 Å². The molecule has 0 bridgehead atoms. The Morgan fingerprint density at radius 2 is 2.11 bits per heavy atom. The minimum atomic E-state index is 0.281. The lowest BCUT2D eigenvalue weighted by Crippen LogP contribution is -2.28. The zero-order valence-electron chi connectivity index (χ0n) is 11.4. The summed E-state index contributed by atoms with van der Waals surface area (Å²) in [6.45, 7) is 5.05. The molecular weight excluding hydrogens is 238 g/mol. The van der Waals surface area contributed by atoms with Crippen LogP contribution in [0.25, 0.3) is 11.5 Å². The van der Waals surface area contributed by atoms with Crippen molar-refractivity contribution in [3.8, 4) is 11.5 Å². The summed E-state index contributed by atoms with van der Waals surface area (Å²) >= 11 is 0. The van der Waals surface area contributed by atoms with Gasteiger partial charge in [0.1, 0.15) is 11.5 Å². The molecule has 2 N–H and O–H groups in total. The largest absolute Gasteiger partial charge is 0.341 e. The number of H-pyrrole nitrogens is 1. The standard InChI is InChI=1S/C14H19N5/c1-9-7-12(13-16-8-10(2)18-13)19-14(17-9)11-5-3-4-6-15-11/h7-8,11,15H,3-6H2,1-2H3,(H,16,18). The smallest absolute Gasteiger partial charge is 0.156 e.